The Morgan fingerprint density at radius 3 is 2.83 bits per heavy atom. The molecule has 0 aliphatic carbocycles. The highest BCUT2D eigenvalue weighted by molar-refractivity contribution is 9.08. The lowest BCUT2D eigenvalue weighted by atomic mass is 10.1. The largest absolute Gasteiger partial charge is 0.359 e. The highest BCUT2D eigenvalue weighted by Crippen LogP contribution is 2.24. The van der Waals surface area contributed by atoms with Gasteiger partial charge >= 0.3 is 0 Å². The second-order valence-electron chi connectivity index (χ2n) is 4.21. The van der Waals surface area contributed by atoms with Gasteiger partial charge in [0.15, 0.2) is 0 Å². The van der Waals surface area contributed by atoms with Crippen LogP contribution in [-0.4, -0.2) is 30.6 Å². The zero-order valence-electron chi connectivity index (χ0n) is 10.7. The van der Waals surface area contributed by atoms with E-state index >= 15 is 0 Å². The first-order valence-electron chi connectivity index (χ1n) is 5.91. The van der Waals surface area contributed by atoms with Crippen molar-refractivity contribution in [2.45, 2.75) is 5.33 Å². The summed E-state index contributed by atoms with van der Waals surface area (Å²) in [7, 11) is 2.11. The topological polar surface area (TPSA) is 16.1 Å². The summed E-state index contributed by atoms with van der Waals surface area (Å²) in [5.41, 5.74) is 2.31. The lowest BCUT2D eigenvalue weighted by Gasteiger charge is -2.21. The van der Waals surface area contributed by atoms with Crippen molar-refractivity contribution in [2.24, 2.45) is 0 Å². The van der Waals surface area contributed by atoms with Gasteiger partial charge in [0.25, 0.3) is 0 Å². The van der Waals surface area contributed by atoms with Gasteiger partial charge in [0.05, 0.1) is 5.52 Å². The third-order valence-corrected chi connectivity index (χ3v) is 4.11. The summed E-state index contributed by atoms with van der Waals surface area (Å²) in [6, 6.07) is 10.5. The van der Waals surface area contributed by atoms with Gasteiger partial charge in [0.1, 0.15) is 5.82 Å². The molecule has 0 radical (unpaired) electrons. The highest BCUT2D eigenvalue weighted by atomic mass is 79.9. The van der Waals surface area contributed by atoms with Gasteiger partial charge in [0.2, 0.25) is 0 Å². The van der Waals surface area contributed by atoms with Gasteiger partial charge in [-0.25, -0.2) is 4.98 Å². The number of rotatable bonds is 5. The molecule has 4 heteroatoms. The molecule has 96 valence electrons. The maximum atomic E-state index is 4.79. The number of alkyl halides is 1. The summed E-state index contributed by atoms with van der Waals surface area (Å²) in [6.45, 7) is 1.02. The summed E-state index contributed by atoms with van der Waals surface area (Å²) in [6.07, 6.45) is 2.13. The van der Waals surface area contributed by atoms with Gasteiger partial charge < -0.3 is 4.90 Å². The zero-order valence-corrected chi connectivity index (χ0v) is 13.1. The van der Waals surface area contributed by atoms with E-state index < -0.39 is 0 Å². The predicted molar refractivity (Wildman–Crippen MR) is 86.0 cm³/mol. The Balaban J connectivity index is 2.41. The molecular formula is C14H17BrN2S. The standard InChI is InChI=1S/C14H17BrN2S/c1-17(7-8-18-2)14-12(10-15)9-11-5-3-4-6-13(11)16-14/h3-6,9H,7-8,10H2,1-2H3. The molecule has 0 aliphatic heterocycles. The number of nitrogens with zero attached hydrogens (tertiary/aromatic N) is 2. The first kappa shape index (κ1) is 13.7. The molecule has 0 bridgehead atoms. The van der Waals surface area contributed by atoms with Gasteiger partial charge in [-0.2, -0.15) is 11.8 Å². The summed E-state index contributed by atoms with van der Waals surface area (Å²) in [5.74, 6) is 2.20. The maximum absolute atomic E-state index is 4.79. The van der Waals surface area contributed by atoms with Gasteiger partial charge in [-0.05, 0) is 18.4 Å². The van der Waals surface area contributed by atoms with Crippen molar-refractivity contribution in [1.82, 2.24) is 4.98 Å². The first-order chi connectivity index (χ1) is 8.76. The fourth-order valence-corrected chi connectivity index (χ4v) is 2.78. The van der Waals surface area contributed by atoms with Crippen molar-refractivity contribution in [3.05, 3.63) is 35.9 Å². The summed E-state index contributed by atoms with van der Waals surface area (Å²) in [5, 5.41) is 2.04. The van der Waals surface area contributed by atoms with E-state index in [2.05, 4.69) is 58.4 Å². The molecule has 0 amide bonds. The minimum Gasteiger partial charge on any atom is -0.359 e. The van der Waals surface area contributed by atoms with E-state index in [-0.39, 0.29) is 0 Å². The van der Waals surface area contributed by atoms with Crippen LogP contribution in [0.5, 0.6) is 0 Å². The van der Waals surface area contributed by atoms with E-state index in [1.807, 2.05) is 17.8 Å². The van der Waals surface area contributed by atoms with Gasteiger partial charge in [-0.1, -0.05) is 34.1 Å². The van der Waals surface area contributed by atoms with Crippen LogP contribution in [-0.2, 0) is 5.33 Å². The van der Waals surface area contributed by atoms with Crippen LogP contribution < -0.4 is 4.90 Å². The minimum atomic E-state index is 0.837. The van der Waals surface area contributed by atoms with Gasteiger partial charge in [-0.15, -0.1) is 0 Å². The molecular weight excluding hydrogens is 308 g/mol. The molecule has 1 aromatic heterocycles. The lowest BCUT2D eigenvalue weighted by Crippen LogP contribution is -2.22. The molecule has 0 fully saturated rings. The Labute approximate surface area is 121 Å². The molecule has 0 saturated heterocycles. The second-order valence-corrected chi connectivity index (χ2v) is 5.76. The van der Waals surface area contributed by atoms with Crippen LogP contribution in [0.4, 0.5) is 5.82 Å². The summed E-state index contributed by atoms with van der Waals surface area (Å²) < 4.78 is 0. The Bertz CT molecular complexity index is 530. The van der Waals surface area contributed by atoms with Crippen LogP contribution in [0.15, 0.2) is 30.3 Å². The Hall–Kier alpha value is -0.740. The third kappa shape index (κ3) is 2.98. The number of hydrogen-bond acceptors (Lipinski definition) is 3. The SMILES string of the molecule is CSCCN(C)c1nc2ccccc2cc1CBr. The van der Waals surface area contributed by atoms with Crippen LogP contribution in [0.1, 0.15) is 5.56 Å². The Kier molecular flexibility index (Phi) is 4.89. The molecule has 1 heterocycles. The van der Waals surface area contributed by atoms with Crippen molar-refractivity contribution < 1.29 is 0 Å². The number of halogens is 1. The zero-order chi connectivity index (χ0) is 13.0. The van der Waals surface area contributed by atoms with Crippen molar-refractivity contribution in [3.8, 4) is 0 Å². The van der Waals surface area contributed by atoms with Crippen molar-refractivity contribution in [2.75, 3.05) is 30.5 Å². The first-order valence-corrected chi connectivity index (χ1v) is 8.42. The lowest BCUT2D eigenvalue weighted by molar-refractivity contribution is 0.943. The molecule has 0 spiro atoms. The molecule has 0 aliphatic rings. The minimum absolute atomic E-state index is 0.837. The van der Waals surface area contributed by atoms with Crippen molar-refractivity contribution in [1.29, 1.82) is 0 Å². The molecule has 0 N–H and O–H groups in total. The molecule has 0 unspecified atom stereocenters. The van der Waals surface area contributed by atoms with Crippen LogP contribution in [0, 0.1) is 0 Å². The van der Waals surface area contributed by atoms with Crippen molar-refractivity contribution in [3.63, 3.8) is 0 Å². The van der Waals surface area contributed by atoms with E-state index in [9.17, 15) is 0 Å². The number of para-hydroxylation sites is 1. The van der Waals surface area contributed by atoms with Crippen LogP contribution in [0.2, 0.25) is 0 Å². The monoisotopic (exact) mass is 324 g/mol. The predicted octanol–water partition coefficient (Wildman–Crippen LogP) is 3.93. The number of pyridine rings is 1. The molecule has 0 saturated carbocycles. The van der Waals surface area contributed by atoms with Crippen molar-refractivity contribution >= 4 is 44.4 Å². The number of thioether (sulfide) groups is 1. The highest BCUT2D eigenvalue weighted by Gasteiger charge is 2.10. The fourth-order valence-electron chi connectivity index (χ4n) is 1.91. The quantitative estimate of drug-likeness (QED) is 0.775. The Morgan fingerprint density at radius 1 is 1.33 bits per heavy atom. The smallest absolute Gasteiger partial charge is 0.133 e. The van der Waals surface area contributed by atoms with E-state index in [1.165, 1.54) is 10.9 Å². The van der Waals surface area contributed by atoms with Gasteiger partial charge in [0, 0.05) is 35.6 Å². The van der Waals surface area contributed by atoms with Crippen LogP contribution >= 0.6 is 27.7 Å². The Morgan fingerprint density at radius 2 is 2.11 bits per heavy atom. The van der Waals surface area contributed by atoms with E-state index in [1.54, 1.807) is 0 Å². The molecule has 0 atom stereocenters. The molecule has 2 nitrogen and oxygen atoms in total. The number of anilines is 1. The van der Waals surface area contributed by atoms with Crippen LogP contribution in [0.3, 0.4) is 0 Å². The van der Waals surface area contributed by atoms with E-state index in [4.69, 9.17) is 4.98 Å². The van der Waals surface area contributed by atoms with Gasteiger partial charge in [-0.3, -0.25) is 0 Å². The van der Waals surface area contributed by atoms with E-state index in [0.717, 1.165) is 29.0 Å². The average molecular weight is 325 g/mol. The summed E-state index contributed by atoms with van der Waals surface area (Å²) in [4.78, 5) is 7.02. The number of benzene rings is 1. The third-order valence-electron chi connectivity index (χ3n) is 2.92. The van der Waals surface area contributed by atoms with Crippen LogP contribution in [0.25, 0.3) is 10.9 Å². The number of fused-ring (bicyclic) bond motifs is 1. The molecule has 1 aromatic carbocycles. The number of aromatic nitrogens is 1. The number of hydrogen-bond donors (Lipinski definition) is 0. The molecule has 18 heavy (non-hydrogen) atoms. The average Bonchev–Trinajstić information content (AvgIpc) is 2.43. The van der Waals surface area contributed by atoms with E-state index in [0.29, 0.717) is 0 Å². The molecule has 2 aromatic rings. The maximum Gasteiger partial charge on any atom is 0.133 e. The fraction of sp³-hybridized carbons (Fsp3) is 0.357. The molecule has 2 rings (SSSR count). The summed E-state index contributed by atoms with van der Waals surface area (Å²) >= 11 is 5.42. The normalized spacial score (nSPS) is 10.8. The second kappa shape index (κ2) is 6.43.